The standard InChI is InChI=1S/C14H20N2O/c1-17-14-4-2-13(3-5-14)11-16-8-6-12(10-15)7-9-16/h2-6H,7-11,15H2,1H3. The first-order valence-corrected chi connectivity index (χ1v) is 6.05. The molecule has 17 heavy (non-hydrogen) atoms. The molecule has 3 nitrogen and oxygen atoms in total. The van der Waals surface area contributed by atoms with Gasteiger partial charge in [-0.05, 0) is 24.1 Å². The van der Waals surface area contributed by atoms with Gasteiger partial charge in [0.1, 0.15) is 5.75 Å². The minimum Gasteiger partial charge on any atom is -0.497 e. The fourth-order valence-electron chi connectivity index (χ4n) is 2.07. The Kier molecular flexibility index (Phi) is 4.18. The molecule has 0 amide bonds. The van der Waals surface area contributed by atoms with E-state index in [1.807, 2.05) is 12.1 Å². The monoisotopic (exact) mass is 232 g/mol. The molecule has 0 bridgehead atoms. The van der Waals surface area contributed by atoms with Gasteiger partial charge in [0.2, 0.25) is 0 Å². The van der Waals surface area contributed by atoms with Crippen LogP contribution < -0.4 is 10.5 Å². The predicted octanol–water partition coefficient (Wildman–Crippen LogP) is 1.79. The number of hydrogen-bond acceptors (Lipinski definition) is 3. The topological polar surface area (TPSA) is 38.5 Å². The van der Waals surface area contributed by atoms with Gasteiger partial charge in [0.05, 0.1) is 7.11 Å². The van der Waals surface area contributed by atoms with Crippen molar-refractivity contribution in [2.75, 3.05) is 26.7 Å². The molecule has 0 saturated carbocycles. The summed E-state index contributed by atoms with van der Waals surface area (Å²) in [6.45, 7) is 3.82. The maximum Gasteiger partial charge on any atom is 0.118 e. The van der Waals surface area contributed by atoms with Crippen molar-refractivity contribution >= 4 is 0 Å². The van der Waals surface area contributed by atoms with Gasteiger partial charge in [0.25, 0.3) is 0 Å². The van der Waals surface area contributed by atoms with E-state index in [2.05, 4.69) is 23.1 Å². The smallest absolute Gasteiger partial charge is 0.118 e. The number of nitrogens with two attached hydrogens (primary N) is 1. The van der Waals surface area contributed by atoms with Crippen molar-refractivity contribution in [3.05, 3.63) is 41.5 Å². The van der Waals surface area contributed by atoms with Crippen molar-refractivity contribution in [1.29, 1.82) is 0 Å². The van der Waals surface area contributed by atoms with Gasteiger partial charge in [0.15, 0.2) is 0 Å². The largest absolute Gasteiger partial charge is 0.497 e. The predicted molar refractivity (Wildman–Crippen MR) is 70.0 cm³/mol. The number of methoxy groups -OCH3 is 1. The summed E-state index contributed by atoms with van der Waals surface area (Å²) in [5, 5.41) is 0. The van der Waals surface area contributed by atoms with Crippen LogP contribution in [-0.4, -0.2) is 31.6 Å². The molecule has 0 aromatic heterocycles. The molecule has 0 atom stereocenters. The summed E-state index contributed by atoms with van der Waals surface area (Å²) in [6.07, 6.45) is 3.36. The van der Waals surface area contributed by atoms with E-state index in [0.29, 0.717) is 6.54 Å². The van der Waals surface area contributed by atoms with E-state index in [1.165, 1.54) is 11.1 Å². The van der Waals surface area contributed by atoms with Crippen LogP contribution in [0.5, 0.6) is 5.75 Å². The van der Waals surface area contributed by atoms with Crippen LogP contribution in [0.25, 0.3) is 0 Å². The van der Waals surface area contributed by atoms with Crippen molar-refractivity contribution in [3.8, 4) is 5.75 Å². The molecule has 0 radical (unpaired) electrons. The molecule has 3 heteroatoms. The van der Waals surface area contributed by atoms with Crippen molar-refractivity contribution in [2.45, 2.75) is 13.0 Å². The molecule has 2 rings (SSSR count). The van der Waals surface area contributed by atoms with Crippen molar-refractivity contribution < 1.29 is 4.74 Å². The molecule has 2 N–H and O–H groups in total. The Morgan fingerprint density at radius 1 is 1.29 bits per heavy atom. The number of nitrogens with zero attached hydrogens (tertiary/aromatic N) is 1. The van der Waals surface area contributed by atoms with Gasteiger partial charge in [-0.2, -0.15) is 0 Å². The number of benzene rings is 1. The first kappa shape index (κ1) is 12.1. The second-order valence-electron chi connectivity index (χ2n) is 4.40. The number of rotatable bonds is 4. The minimum atomic E-state index is 0.705. The molecule has 92 valence electrons. The maximum absolute atomic E-state index is 5.63. The van der Waals surface area contributed by atoms with E-state index in [9.17, 15) is 0 Å². The summed E-state index contributed by atoms with van der Waals surface area (Å²) in [4.78, 5) is 2.43. The molecule has 1 aromatic rings. The molecule has 0 unspecified atom stereocenters. The highest BCUT2D eigenvalue weighted by Crippen LogP contribution is 2.15. The van der Waals surface area contributed by atoms with Gasteiger partial charge >= 0.3 is 0 Å². The van der Waals surface area contributed by atoms with Crippen molar-refractivity contribution in [1.82, 2.24) is 4.90 Å². The Balaban J connectivity index is 1.91. The van der Waals surface area contributed by atoms with Gasteiger partial charge < -0.3 is 10.5 Å². The van der Waals surface area contributed by atoms with Crippen LogP contribution in [0.15, 0.2) is 35.9 Å². The number of ether oxygens (including phenoxy) is 1. The Hall–Kier alpha value is -1.32. The quantitative estimate of drug-likeness (QED) is 0.804. The maximum atomic E-state index is 5.63. The van der Waals surface area contributed by atoms with Crippen molar-refractivity contribution in [2.24, 2.45) is 5.73 Å². The molecular formula is C14H20N2O. The van der Waals surface area contributed by atoms with Crippen LogP contribution >= 0.6 is 0 Å². The second-order valence-corrected chi connectivity index (χ2v) is 4.40. The molecule has 0 saturated heterocycles. The lowest BCUT2D eigenvalue weighted by molar-refractivity contribution is 0.285. The normalized spacial score (nSPS) is 16.7. The Labute approximate surface area is 103 Å². The molecule has 0 fully saturated rings. The number of hydrogen-bond donors (Lipinski definition) is 1. The zero-order valence-corrected chi connectivity index (χ0v) is 10.4. The third kappa shape index (κ3) is 3.32. The average Bonchev–Trinajstić information content (AvgIpc) is 2.40. The molecule has 0 aliphatic carbocycles. The lowest BCUT2D eigenvalue weighted by Crippen LogP contribution is -2.29. The third-order valence-corrected chi connectivity index (χ3v) is 3.21. The highest BCUT2D eigenvalue weighted by Gasteiger charge is 2.10. The summed E-state index contributed by atoms with van der Waals surface area (Å²) >= 11 is 0. The Morgan fingerprint density at radius 2 is 2.06 bits per heavy atom. The zero-order valence-electron chi connectivity index (χ0n) is 10.4. The van der Waals surface area contributed by atoms with Gasteiger partial charge in [-0.3, -0.25) is 4.90 Å². The van der Waals surface area contributed by atoms with Crippen molar-refractivity contribution in [3.63, 3.8) is 0 Å². The summed E-state index contributed by atoms with van der Waals surface area (Å²) in [6, 6.07) is 8.28. The summed E-state index contributed by atoms with van der Waals surface area (Å²) in [7, 11) is 1.69. The summed E-state index contributed by atoms with van der Waals surface area (Å²) in [5.41, 5.74) is 8.35. The molecule has 1 aromatic carbocycles. The van der Waals surface area contributed by atoms with Crippen LogP contribution in [0.1, 0.15) is 12.0 Å². The van der Waals surface area contributed by atoms with Gasteiger partial charge in [0, 0.05) is 26.2 Å². The molecule has 1 aliphatic heterocycles. The van der Waals surface area contributed by atoms with E-state index in [-0.39, 0.29) is 0 Å². The minimum absolute atomic E-state index is 0.705. The summed E-state index contributed by atoms with van der Waals surface area (Å²) < 4.78 is 5.15. The molecule has 0 spiro atoms. The van der Waals surface area contributed by atoms with Crippen LogP contribution in [0.4, 0.5) is 0 Å². The van der Waals surface area contributed by atoms with Crippen LogP contribution in [0.3, 0.4) is 0 Å². The fourth-order valence-corrected chi connectivity index (χ4v) is 2.07. The average molecular weight is 232 g/mol. The zero-order chi connectivity index (χ0) is 12.1. The third-order valence-electron chi connectivity index (χ3n) is 3.21. The lowest BCUT2D eigenvalue weighted by atomic mass is 10.1. The first-order chi connectivity index (χ1) is 8.31. The lowest BCUT2D eigenvalue weighted by Gasteiger charge is -2.25. The van der Waals surface area contributed by atoms with E-state index in [1.54, 1.807) is 7.11 Å². The van der Waals surface area contributed by atoms with E-state index < -0.39 is 0 Å². The second kappa shape index (κ2) is 5.84. The fraction of sp³-hybridized carbons (Fsp3) is 0.429. The Morgan fingerprint density at radius 3 is 2.59 bits per heavy atom. The molecular weight excluding hydrogens is 212 g/mol. The summed E-state index contributed by atoms with van der Waals surface area (Å²) in [5.74, 6) is 0.915. The van der Waals surface area contributed by atoms with Crippen LogP contribution in [0, 0.1) is 0 Å². The van der Waals surface area contributed by atoms with E-state index >= 15 is 0 Å². The highest BCUT2D eigenvalue weighted by molar-refractivity contribution is 5.27. The SMILES string of the molecule is COc1ccc(CN2CC=C(CN)CC2)cc1. The van der Waals surface area contributed by atoms with Crippen LogP contribution in [-0.2, 0) is 6.54 Å². The van der Waals surface area contributed by atoms with Gasteiger partial charge in [-0.1, -0.05) is 23.8 Å². The molecule has 1 aliphatic rings. The Bertz CT molecular complexity index is 384. The van der Waals surface area contributed by atoms with Crippen LogP contribution in [0.2, 0.25) is 0 Å². The van der Waals surface area contributed by atoms with E-state index in [4.69, 9.17) is 10.5 Å². The van der Waals surface area contributed by atoms with Gasteiger partial charge in [-0.25, -0.2) is 0 Å². The van der Waals surface area contributed by atoms with Gasteiger partial charge in [-0.15, -0.1) is 0 Å². The molecule has 1 heterocycles. The highest BCUT2D eigenvalue weighted by atomic mass is 16.5. The first-order valence-electron chi connectivity index (χ1n) is 6.05. The van der Waals surface area contributed by atoms with E-state index in [0.717, 1.165) is 31.8 Å².